The Labute approximate surface area is 119 Å². The maximum absolute atomic E-state index is 11.3. The fourth-order valence-electron chi connectivity index (χ4n) is 2.73. The molecule has 1 N–H and O–H groups in total. The molecule has 20 heavy (non-hydrogen) atoms. The van der Waals surface area contributed by atoms with Crippen LogP contribution >= 0.6 is 0 Å². The van der Waals surface area contributed by atoms with E-state index >= 15 is 0 Å². The van der Waals surface area contributed by atoms with Gasteiger partial charge in [-0.15, -0.1) is 0 Å². The predicted molar refractivity (Wildman–Crippen MR) is 76.6 cm³/mol. The predicted octanol–water partition coefficient (Wildman–Crippen LogP) is 3.74. The molecule has 0 spiro atoms. The molecule has 4 nitrogen and oxygen atoms in total. The van der Waals surface area contributed by atoms with Gasteiger partial charge in [-0.1, -0.05) is 19.4 Å². The van der Waals surface area contributed by atoms with Gasteiger partial charge in [0.05, 0.1) is 12.7 Å². The number of hydrogen-bond donors (Lipinski definition) is 1. The molecule has 110 valence electrons. The highest BCUT2D eigenvalue weighted by Crippen LogP contribution is 2.35. The van der Waals surface area contributed by atoms with Crippen molar-refractivity contribution >= 4 is 5.97 Å². The summed E-state index contributed by atoms with van der Waals surface area (Å²) < 4.78 is 11.5. The molecule has 1 aromatic rings. The second-order valence-corrected chi connectivity index (χ2v) is 5.38. The summed E-state index contributed by atoms with van der Waals surface area (Å²) in [6.45, 7) is 4.57. The van der Waals surface area contributed by atoms with E-state index in [4.69, 9.17) is 9.47 Å². The van der Waals surface area contributed by atoms with Crippen LogP contribution in [0.5, 0.6) is 11.5 Å². The van der Waals surface area contributed by atoms with Crippen molar-refractivity contribution in [1.82, 2.24) is 0 Å². The Bertz CT molecular complexity index is 470. The first kappa shape index (κ1) is 14.7. The molecule has 1 fully saturated rings. The van der Waals surface area contributed by atoms with Crippen LogP contribution in [0.1, 0.15) is 49.9 Å². The van der Waals surface area contributed by atoms with Crippen molar-refractivity contribution in [3.63, 3.8) is 0 Å². The van der Waals surface area contributed by atoms with E-state index in [0.717, 1.165) is 19.3 Å². The Kier molecular flexibility index (Phi) is 4.88. The molecule has 1 aromatic carbocycles. The summed E-state index contributed by atoms with van der Waals surface area (Å²) >= 11 is 0. The van der Waals surface area contributed by atoms with Crippen molar-refractivity contribution in [2.24, 2.45) is 5.92 Å². The molecule has 1 saturated carbocycles. The van der Waals surface area contributed by atoms with Gasteiger partial charge in [-0.25, -0.2) is 4.79 Å². The van der Waals surface area contributed by atoms with Gasteiger partial charge in [-0.2, -0.15) is 0 Å². The normalized spacial score (nSPS) is 22.3. The van der Waals surface area contributed by atoms with Gasteiger partial charge >= 0.3 is 5.97 Å². The maximum Gasteiger partial charge on any atom is 0.339 e. The van der Waals surface area contributed by atoms with Gasteiger partial charge < -0.3 is 14.6 Å². The van der Waals surface area contributed by atoms with Crippen molar-refractivity contribution < 1.29 is 19.4 Å². The van der Waals surface area contributed by atoms with Crippen LogP contribution in [0.25, 0.3) is 0 Å². The van der Waals surface area contributed by atoms with Crippen molar-refractivity contribution in [2.75, 3.05) is 6.61 Å². The number of para-hydroxylation sites is 1. The number of hydrogen-bond acceptors (Lipinski definition) is 3. The van der Waals surface area contributed by atoms with Crippen LogP contribution in [0, 0.1) is 5.92 Å². The molecule has 0 aromatic heterocycles. The van der Waals surface area contributed by atoms with Gasteiger partial charge in [0.2, 0.25) is 0 Å². The van der Waals surface area contributed by atoms with Crippen LogP contribution in [-0.2, 0) is 0 Å². The summed E-state index contributed by atoms with van der Waals surface area (Å²) in [6.07, 6.45) is 4.38. The molecule has 2 rings (SSSR count). The second kappa shape index (κ2) is 6.64. The highest BCUT2D eigenvalue weighted by Gasteiger charge is 2.24. The van der Waals surface area contributed by atoms with Crippen molar-refractivity contribution in [2.45, 2.75) is 45.6 Å². The lowest BCUT2D eigenvalue weighted by Crippen LogP contribution is -2.25. The molecule has 0 amide bonds. The number of carboxylic acid groups (broad SMARTS) is 1. The Hall–Kier alpha value is -1.71. The summed E-state index contributed by atoms with van der Waals surface area (Å²) in [5.74, 6) is 0.540. The summed E-state index contributed by atoms with van der Waals surface area (Å²) in [5.41, 5.74) is 0.175. The minimum Gasteiger partial charge on any atom is -0.490 e. The topological polar surface area (TPSA) is 55.8 Å². The first-order chi connectivity index (χ1) is 9.61. The van der Waals surface area contributed by atoms with Crippen molar-refractivity contribution in [3.8, 4) is 11.5 Å². The van der Waals surface area contributed by atoms with E-state index < -0.39 is 5.97 Å². The molecule has 1 aliphatic carbocycles. The average Bonchev–Trinajstić information content (AvgIpc) is 2.40. The number of benzene rings is 1. The van der Waals surface area contributed by atoms with Crippen LogP contribution in [0.2, 0.25) is 0 Å². The highest BCUT2D eigenvalue weighted by atomic mass is 16.5. The van der Waals surface area contributed by atoms with Crippen LogP contribution in [0.4, 0.5) is 0 Å². The number of carboxylic acids is 1. The highest BCUT2D eigenvalue weighted by molar-refractivity contribution is 5.92. The van der Waals surface area contributed by atoms with Gasteiger partial charge in [0.25, 0.3) is 0 Å². The number of aromatic carboxylic acids is 1. The third-order valence-electron chi connectivity index (χ3n) is 3.68. The van der Waals surface area contributed by atoms with Crippen LogP contribution in [0.15, 0.2) is 18.2 Å². The standard InChI is InChI=1S/C16H22O4/c1-3-19-14-9-5-8-13(16(17)18)15(14)20-12-7-4-6-11(2)10-12/h5,8-9,11-12H,3-4,6-7,10H2,1-2H3,(H,17,18). The molecular weight excluding hydrogens is 256 g/mol. The minimum absolute atomic E-state index is 0.0819. The van der Waals surface area contributed by atoms with E-state index in [1.807, 2.05) is 6.92 Å². The van der Waals surface area contributed by atoms with Gasteiger partial charge in [0, 0.05) is 0 Å². The Morgan fingerprint density at radius 3 is 2.85 bits per heavy atom. The van der Waals surface area contributed by atoms with Gasteiger partial charge in [0.1, 0.15) is 5.56 Å². The summed E-state index contributed by atoms with van der Waals surface area (Å²) in [4.78, 5) is 11.3. The molecular formula is C16H22O4. The summed E-state index contributed by atoms with van der Waals surface area (Å²) in [7, 11) is 0. The maximum atomic E-state index is 11.3. The molecule has 4 heteroatoms. The number of carbonyl (C=O) groups is 1. The van der Waals surface area contributed by atoms with Gasteiger partial charge in [-0.3, -0.25) is 0 Å². The minimum atomic E-state index is -0.981. The molecule has 0 radical (unpaired) electrons. The second-order valence-electron chi connectivity index (χ2n) is 5.38. The molecule has 2 unspecified atom stereocenters. The molecule has 0 bridgehead atoms. The van der Waals surface area contributed by atoms with Crippen LogP contribution in [-0.4, -0.2) is 23.8 Å². The van der Waals surface area contributed by atoms with E-state index in [2.05, 4.69) is 6.92 Å². The zero-order chi connectivity index (χ0) is 14.5. The number of rotatable bonds is 5. The quantitative estimate of drug-likeness (QED) is 0.891. The monoisotopic (exact) mass is 278 g/mol. The van der Waals surface area contributed by atoms with Crippen LogP contribution < -0.4 is 9.47 Å². The SMILES string of the molecule is CCOc1cccc(C(=O)O)c1OC1CCCC(C)C1. The van der Waals surface area contributed by atoms with E-state index in [1.165, 1.54) is 6.42 Å². The molecule has 0 heterocycles. The van der Waals surface area contributed by atoms with E-state index in [-0.39, 0.29) is 11.7 Å². The Balaban J connectivity index is 2.25. The van der Waals surface area contributed by atoms with Crippen molar-refractivity contribution in [1.29, 1.82) is 0 Å². The zero-order valence-corrected chi connectivity index (χ0v) is 12.1. The smallest absolute Gasteiger partial charge is 0.339 e. The van der Waals surface area contributed by atoms with Gasteiger partial charge in [-0.05, 0) is 44.2 Å². The molecule has 1 aliphatic rings. The van der Waals surface area contributed by atoms with E-state index in [0.29, 0.717) is 24.0 Å². The Morgan fingerprint density at radius 1 is 1.40 bits per heavy atom. The lowest BCUT2D eigenvalue weighted by atomic mass is 9.88. The fourth-order valence-corrected chi connectivity index (χ4v) is 2.73. The van der Waals surface area contributed by atoms with Gasteiger partial charge in [0.15, 0.2) is 11.5 Å². The Morgan fingerprint density at radius 2 is 2.20 bits per heavy atom. The lowest BCUT2D eigenvalue weighted by molar-refractivity contribution is 0.0680. The summed E-state index contributed by atoms with van der Waals surface area (Å²) in [6, 6.07) is 5.01. The molecule has 0 saturated heterocycles. The average molecular weight is 278 g/mol. The van der Waals surface area contributed by atoms with E-state index in [1.54, 1.807) is 18.2 Å². The first-order valence-corrected chi connectivity index (χ1v) is 7.27. The van der Waals surface area contributed by atoms with E-state index in [9.17, 15) is 9.90 Å². The van der Waals surface area contributed by atoms with Crippen molar-refractivity contribution in [3.05, 3.63) is 23.8 Å². The number of ether oxygens (including phenoxy) is 2. The molecule has 2 atom stereocenters. The van der Waals surface area contributed by atoms with Crippen LogP contribution in [0.3, 0.4) is 0 Å². The lowest BCUT2D eigenvalue weighted by Gasteiger charge is -2.28. The third-order valence-corrected chi connectivity index (χ3v) is 3.68. The fraction of sp³-hybridized carbons (Fsp3) is 0.562. The molecule has 0 aliphatic heterocycles. The first-order valence-electron chi connectivity index (χ1n) is 7.27. The third kappa shape index (κ3) is 3.44. The summed E-state index contributed by atoms with van der Waals surface area (Å²) in [5, 5.41) is 9.30. The largest absolute Gasteiger partial charge is 0.490 e. The zero-order valence-electron chi connectivity index (χ0n) is 12.1.